The van der Waals surface area contributed by atoms with Crippen LogP contribution in [0.25, 0.3) is 0 Å². The Morgan fingerprint density at radius 2 is 2.12 bits per heavy atom. The third kappa shape index (κ3) is 3.31. The quantitative estimate of drug-likeness (QED) is 0.585. The van der Waals surface area contributed by atoms with Crippen molar-refractivity contribution in [3.63, 3.8) is 0 Å². The number of rotatable bonds is 5. The Bertz CT molecular complexity index is 448. The second kappa shape index (κ2) is 5.45. The summed E-state index contributed by atoms with van der Waals surface area (Å²) in [5, 5.41) is 0.0521. The van der Waals surface area contributed by atoms with E-state index in [1.807, 2.05) is 0 Å². The number of halogens is 1. The Labute approximate surface area is 100 Å². The first-order valence-electron chi connectivity index (χ1n) is 4.76. The van der Waals surface area contributed by atoms with Gasteiger partial charge in [0.2, 0.25) is 5.95 Å². The molecular weight excluding hydrogens is 250 g/mol. The molecule has 0 radical (unpaired) electrons. The largest absolute Gasteiger partial charge is 0.347 e. The first-order chi connectivity index (χ1) is 7.47. The predicted molar refractivity (Wildman–Crippen MR) is 63.7 cm³/mol. The van der Waals surface area contributed by atoms with Crippen molar-refractivity contribution in [1.29, 1.82) is 0 Å². The Morgan fingerprint density at radius 3 is 2.69 bits per heavy atom. The molecule has 1 heterocycles. The molecule has 1 aromatic heterocycles. The Kier molecular flexibility index (Phi) is 4.49. The molecule has 5 nitrogen and oxygen atoms in total. The SMILES string of the molecule is CN(C)c1nccc(S(=O)(=O)CCCCl)n1. The minimum absolute atomic E-state index is 0.0143. The van der Waals surface area contributed by atoms with Crippen molar-refractivity contribution in [3.8, 4) is 0 Å². The molecule has 0 aromatic carbocycles. The van der Waals surface area contributed by atoms with Gasteiger partial charge in [0.15, 0.2) is 14.9 Å². The molecule has 0 atom stereocenters. The molecule has 0 fully saturated rings. The van der Waals surface area contributed by atoms with Crippen LogP contribution in [0.5, 0.6) is 0 Å². The lowest BCUT2D eigenvalue weighted by Gasteiger charge is -2.10. The van der Waals surface area contributed by atoms with Crippen molar-refractivity contribution in [2.75, 3.05) is 30.6 Å². The summed E-state index contributed by atoms with van der Waals surface area (Å²) in [5.41, 5.74) is 0. The van der Waals surface area contributed by atoms with Gasteiger partial charge in [0, 0.05) is 26.2 Å². The zero-order chi connectivity index (χ0) is 12.2. The first-order valence-corrected chi connectivity index (χ1v) is 6.95. The molecule has 16 heavy (non-hydrogen) atoms. The van der Waals surface area contributed by atoms with Gasteiger partial charge >= 0.3 is 0 Å². The minimum Gasteiger partial charge on any atom is -0.347 e. The van der Waals surface area contributed by atoms with Gasteiger partial charge in [-0.05, 0) is 12.5 Å². The number of hydrogen-bond acceptors (Lipinski definition) is 5. The Morgan fingerprint density at radius 1 is 1.44 bits per heavy atom. The lowest BCUT2D eigenvalue weighted by atomic mass is 10.6. The van der Waals surface area contributed by atoms with E-state index in [0.29, 0.717) is 18.2 Å². The van der Waals surface area contributed by atoms with E-state index in [2.05, 4.69) is 9.97 Å². The average molecular weight is 264 g/mol. The summed E-state index contributed by atoms with van der Waals surface area (Å²) in [7, 11) is 0.168. The summed E-state index contributed by atoms with van der Waals surface area (Å²) in [5.74, 6) is 0.720. The van der Waals surface area contributed by atoms with Crippen LogP contribution < -0.4 is 4.90 Å². The highest BCUT2D eigenvalue weighted by Gasteiger charge is 2.16. The van der Waals surface area contributed by atoms with Gasteiger partial charge in [-0.3, -0.25) is 0 Å². The van der Waals surface area contributed by atoms with Gasteiger partial charge in [0.25, 0.3) is 0 Å². The fraction of sp³-hybridized carbons (Fsp3) is 0.556. The molecule has 0 aliphatic heterocycles. The third-order valence-electron chi connectivity index (χ3n) is 1.88. The van der Waals surface area contributed by atoms with Gasteiger partial charge in [0.1, 0.15) is 0 Å². The van der Waals surface area contributed by atoms with Crippen LogP contribution in [0.15, 0.2) is 17.3 Å². The molecule has 0 aliphatic carbocycles. The summed E-state index contributed by atoms with van der Waals surface area (Å²) in [4.78, 5) is 9.59. The highest BCUT2D eigenvalue weighted by atomic mass is 35.5. The monoisotopic (exact) mass is 263 g/mol. The highest BCUT2D eigenvalue weighted by Crippen LogP contribution is 2.12. The van der Waals surface area contributed by atoms with Gasteiger partial charge in [-0.1, -0.05) is 0 Å². The molecule has 0 saturated heterocycles. The van der Waals surface area contributed by atoms with Crippen molar-refractivity contribution in [1.82, 2.24) is 9.97 Å². The molecule has 0 aliphatic rings. The Balaban J connectivity index is 2.99. The maximum absolute atomic E-state index is 11.8. The molecule has 90 valence electrons. The maximum atomic E-state index is 11.8. The standard InChI is InChI=1S/C9H14ClN3O2S/c1-13(2)9-11-6-4-8(12-9)16(14,15)7-3-5-10/h4,6H,3,5,7H2,1-2H3. The number of aromatic nitrogens is 2. The summed E-state index contributed by atoms with van der Waals surface area (Å²) >= 11 is 5.47. The molecule has 1 rings (SSSR count). The highest BCUT2D eigenvalue weighted by molar-refractivity contribution is 7.91. The van der Waals surface area contributed by atoms with Crippen LogP contribution in [-0.2, 0) is 9.84 Å². The third-order valence-corrected chi connectivity index (χ3v) is 3.84. The number of alkyl halides is 1. The molecule has 1 aromatic rings. The zero-order valence-corrected chi connectivity index (χ0v) is 10.8. The van der Waals surface area contributed by atoms with E-state index < -0.39 is 9.84 Å². The first kappa shape index (κ1) is 13.2. The van der Waals surface area contributed by atoms with Crippen LogP contribution in [-0.4, -0.2) is 44.1 Å². The van der Waals surface area contributed by atoms with Crippen LogP contribution in [0.1, 0.15) is 6.42 Å². The summed E-state index contributed by atoms with van der Waals surface area (Å²) in [6.07, 6.45) is 1.86. The zero-order valence-electron chi connectivity index (χ0n) is 9.22. The molecule has 7 heteroatoms. The molecule has 0 spiro atoms. The van der Waals surface area contributed by atoms with E-state index in [1.54, 1.807) is 19.0 Å². The molecular formula is C9H14ClN3O2S. The van der Waals surface area contributed by atoms with Crippen molar-refractivity contribution in [2.24, 2.45) is 0 Å². The number of sulfone groups is 1. The average Bonchev–Trinajstić information content (AvgIpc) is 2.26. The second-order valence-corrected chi connectivity index (χ2v) is 5.88. The van der Waals surface area contributed by atoms with E-state index in [4.69, 9.17) is 11.6 Å². The van der Waals surface area contributed by atoms with Gasteiger partial charge in [-0.15, -0.1) is 11.6 Å². The van der Waals surface area contributed by atoms with Gasteiger partial charge in [0.05, 0.1) is 5.75 Å². The van der Waals surface area contributed by atoms with E-state index in [9.17, 15) is 8.42 Å². The van der Waals surface area contributed by atoms with Gasteiger partial charge in [-0.25, -0.2) is 18.4 Å². The van der Waals surface area contributed by atoms with Crippen LogP contribution in [0.4, 0.5) is 5.95 Å². The molecule has 0 bridgehead atoms. The van der Waals surface area contributed by atoms with Crippen LogP contribution >= 0.6 is 11.6 Å². The van der Waals surface area contributed by atoms with Crippen LogP contribution in [0.2, 0.25) is 0 Å². The van der Waals surface area contributed by atoms with Crippen LogP contribution in [0, 0.1) is 0 Å². The van der Waals surface area contributed by atoms with Gasteiger partial charge in [-0.2, -0.15) is 0 Å². The molecule has 0 unspecified atom stereocenters. The predicted octanol–water partition coefficient (Wildman–Crippen LogP) is 0.945. The van der Waals surface area contributed by atoms with E-state index in [-0.39, 0.29) is 10.8 Å². The summed E-state index contributed by atoms with van der Waals surface area (Å²) in [6.45, 7) is 0. The lowest BCUT2D eigenvalue weighted by Crippen LogP contribution is -2.16. The van der Waals surface area contributed by atoms with Crippen molar-refractivity contribution < 1.29 is 8.42 Å². The van der Waals surface area contributed by atoms with E-state index in [0.717, 1.165) is 0 Å². The number of anilines is 1. The molecule has 0 saturated carbocycles. The second-order valence-electron chi connectivity index (χ2n) is 3.45. The topological polar surface area (TPSA) is 63.2 Å². The van der Waals surface area contributed by atoms with Gasteiger partial charge < -0.3 is 4.90 Å². The Hall–Kier alpha value is -0.880. The fourth-order valence-electron chi connectivity index (χ4n) is 1.07. The van der Waals surface area contributed by atoms with Crippen molar-refractivity contribution in [2.45, 2.75) is 11.4 Å². The molecule has 0 N–H and O–H groups in total. The van der Waals surface area contributed by atoms with Crippen molar-refractivity contribution >= 4 is 27.4 Å². The smallest absolute Gasteiger partial charge is 0.225 e. The summed E-state index contributed by atoms with van der Waals surface area (Å²) in [6, 6.07) is 1.40. The fourth-order valence-corrected chi connectivity index (χ4v) is 2.58. The normalized spacial score (nSPS) is 11.4. The minimum atomic E-state index is -3.34. The lowest BCUT2D eigenvalue weighted by molar-refractivity contribution is 0.590. The van der Waals surface area contributed by atoms with E-state index in [1.165, 1.54) is 12.3 Å². The number of nitrogens with zero attached hydrogens (tertiary/aromatic N) is 3. The van der Waals surface area contributed by atoms with Crippen LogP contribution in [0.3, 0.4) is 0 Å². The summed E-state index contributed by atoms with van der Waals surface area (Å²) < 4.78 is 23.6. The van der Waals surface area contributed by atoms with Crippen molar-refractivity contribution in [3.05, 3.63) is 12.3 Å². The maximum Gasteiger partial charge on any atom is 0.225 e. The molecule has 0 amide bonds. The van der Waals surface area contributed by atoms with E-state index >= 15 is 0 Å². The number of hydrogen-bond donors (Lipinski definition) is 0.